The average molecular weight is 330 g/mol. The lowest BCUT2D eigenvalue weighted by molar-refractivity contribution is 0.0786. The SMILES string of the molecule is C[SiH](C)OC(CCc1ccc(Br)cn1)C(C)(C)C. The lowest BCUT2D eigenvalue weighted by Gasteiger charge is -2.32. The zero-order valence-electron chi connectivity index (χ0n) is 12.0. The zero-order chi connectivity index (χ0) is 13.8. The number of rotatable bonds is 5. The van der Waals surface area contributed by atoms with Crippen molar-refractivity contribution in [1.29, 1.82) is 0 Å². The molecular formula is C14H24BrNOSi. The van der Waals surface area contributed by atoms with E-state index in [2.05, 4.69) is 60.8 Å². The number of hydrogen-bond donors (Lipinski definition) is 0. The van der Waals surface area contributed by atoms with Crippen LogP contribution in [0.3, 0.4) is 0 Å². The number of halogens is 1. The fourth-order valence-electron chi connectivity index (χ4n) is 1.87. The molecule has 1 unspecified atom stereocenters. The molecule has 0 saturated heterocycles. The monoisotopic (exact) mass is 329 g/mol. The van der Waals surface area contributed by atoms with Crippen LogP contribution in [0.15, 0.2) is 22.8 Å². The summed E-state index contributed by atoms with van der Waals surface area (Å²) < 4.78 is 7.19. The molecule has 0 N–H and O–H groups in total. The Morgan fingerprint density at radius 3 is 2.44 bits per heavy atom. The van der Waals surface area contributed by atoms with Gasteiger partial charge in [-0.05, 0) is 59.4 Å². The lowest BCUT2D eigenvalue weighted by Crippen LogP contribution is -2.33. The molecule has 18 heavy (non-hydrogen) atoms. The van der Waals surface area contributed by atoms with Crippen molar-refractivity contribution < 1.29 is 4.43 Å². The minimum atomic E-state index is -0.990. The van der Waals surface area contributed by atoms with Crippen LogP contribution in [0.1, 0.15) is 32.9 Å². The molecule has 0 radical (unpaired) electrons. The third kappa shape index (κ3) is 5.63. The highest BCUT2D eigenvalue weighted by Crippen LogP contribution is 2.26. The molecule has 0 saturated carbocycles. The third-order valence-electron chi connectivity index (χ3n) is 2.85. The van der Waals surface area contributed by atoms with Crippen LogP contribution in [0.5, 0.6) is 0 Å². The van der Waals surface area contributed by atoms with E-state index in [4.69, 9.17) is 4.43 Å². The summed E-state index contributed by atoms with van der Waals surface area (Å²) in [5.41, 5.74) is 1.34. The summed E-state index contributed by atoms with van der Waals surface area (Å²) >= 11 is 3.41. The van der Waals surface area contributed by atoms with Gasteiger partial charge in [0.05, 0.1) is 0 Å². The quantitative estimate of drug-likeness (QED) is 0.755. The Morgan fingerprint density at radius 1 is 1.33 bits per heavy atom. The van der Waals surface area contributed by atoms with Gasteiger partial charge in [0.2, 0.25) is 0 Å². The molecule has 0 amide bonds. The van der Waals surface area contributed by atoms with E-state index in [0.29, 0.717) is 6.10 Å². The molecular weight excluding hydrogens is 306 g/mol. The highest BCUT2D eigenvalue weighted by Gasteiger charge is 2.25. The van der Waals surface area contributed by atoms with Crippen LogP contribution in [0.2, 0.25) is 13.1 Å². The van der Waals surface area contributed by atoms with E-state index in [1.165, 1.54) is 0 Å². The first-order valence-corrected chi connectivity index (χ1v) is 10.1. The summed E-state index contributed by atoms with van der Waals surface area (Å²) in [5, 5.41) is 0. The molecule has 4 heteroatoms. The topological polar surface area (TPSA) is 22.1 Å². The summed E-state index contributed by atoms with van der Waals surface area (Å²) in [7, 11) is -0.990. The number of hydrogen-bond acceptors (Lipinski definition) is 2. The third-order valence-corrected chi connectivity index (χ3v) is 4.20. The molecule has 0 aliphatic heterocycles. The normalized spacial score (nSPS) is 13.9. The Balaban J connectivity index is 2.59. The molecule has 1 aromatic rings. The highest BCUT2D eigenvalue weighted by atomic mass is 79.9. The van der Waals surface area contributed by atoms with E-state index in [1.54, 1.807) is 0 Å². The van der Waals surface area contributed by atoms with E-state index in [0.717, 1.165) is 23.0 Å². The lowest BCUT2D eigenvalue weighted by atomic mass is 9.86. The van der Waals surface area contributed by atoms with Crippen molar-refractivity contribution in [1.82, 2.24) is 4.98 Å². The van der Waals surface area contributed by atoms with Crippen molar-refractivity contribution in [2.45, 2.75) is 52.8 Å². The van der Waals surface area contributed by atoms with Gasteiger partial charge in [0.15, 0.2) is 9.04 Å². The van der Waals surface area contributed by atoms with Gasteiger partial charge in [-0.1, -0.05) is 20.8 Å². The van der Waals surface area contributed by atoms with Crippen LogP contribution in [0.25, 0.3) is 0 Å². The predicted octanol–water partition coefficient (Wildman–Crippen LogP) is 4.19. The Labute approximate surface area is 121 Å². The second kappa shape index (κ2) is 6.82. The fourth-order valence-corrected chi connectivity index (χ4v) is 3.30. The second-order valence-corrected chi connectivity index (χ2v) is 9.33. The van der Waals surface area contributed by atoms with Crippen LogP contribution in [0.4, 0.5) is 0 Å². The van der Waals surface area contributed by atoms with E-state index in [9.17, 15) is 0 Å². The van der Waals surface area contributed by atoms with Crippen molar-refractivity contribution in [2.24, 2.45) is 5.41 Å². The maximum absolute atomic E-state index is 6.16. The first kappa shape index (κ1) is 15.9. The van der Waals surface area contributed by atoms with E-state index >= 15 is 0 Å². The largest absolute Gasteiger partial charge is 0.417 e. The van der Waals surface area contributed by atoms with Crippen LogP contribution in [-0.4, -0.2) is 20.1 Å². The molecule has 1 heterocycles. The van der Waals surface area contributed by atoms with Gasteiger partial charge in [-0.2, -0.15) is 0 Å². The predicted molar refractivity (Wildman–Crippen MR) is 83.5 cm³/mol. The number of aryl methyl sites for hydroxylation is 1. The molecule has 0 aliphatic rings. The minimum Gasteiger partial charge on any atom is -0.417 e. The van der Waals surface area contributed by atoms with Gasteiger partial charge in [-0.3, -0.25) is 4.98 Å². The molecule has 102 valence electrons. The van der Waals surface area contributed by atoms with E-state index < -0.39 is 9.04 Å². The molecule has 1 aromatic heterocycles. The summed E-state index contributed by atoms with van der Waals surface area (Å²) in [6.45, 7) is 11.2. The molecule has 0 aliphatic carbocycles. The molecule has 2 nitrogen and oxygen atoms in total. The number of pyridine rings is 1. The van der Waals surface area contributed by atoms with Crippen LogP contribution >= 0.6 is 15.9 Å². The standard InChI is InChI=1S/C14H24BrNOSi/c1-14(2,3)13(17-18(4)5)9-8-12-7-6-11(15)10-16-12/h6-7,10,13,18H,8-9H2,1-5H3. The molecule has 0 spiro atoms. The smallest absolute Gasteiger partial charge is 0.171 e. The summed E-state index contributed by atoms with van der Waals surface area (Å²) in [5.74, 6) is 0. The van der Waals surface area contributed by atoms with Gasteiger partial charge in [-0.15, -0.1) is 0 Å². The van der Waals surface area contributed by atoms with Gasteiger partial charge in [0.1, 0.15) is 0 Å². The van der Waals surface area contributed by atoms with E-state index in [-0.39, 0.29) is 5.41 Å². The first-order valence-electron chi connectivity index (χ1n) is 6.55. The Bertz CT molecular complexity index is 359. The van der Waals surface area contributed by atoms with Gasteiger partial charge in [0.25, 0.3) is 0 Å². The maximum atomic E-state index is 6.16. The average Bonchev–Trinajstić information content (AvgIpc) is 2.24. The highest BCUT2D eigenvalue weighted by molar-refractivity contribution is 9.10. The van der Waals surface area contributed by atoms with Crippen LogP contribution < -0.4 is 0 Å². The summed E-state index contributed by atoms with van der Waals surface area (Å²) in [6.07, 6.45) is 4.22. The van der Waals surface area contributed by atoms with Crippen molar-refractivity contribution in [3.63, 3.8) is 0 Å². The molecule has 0 aromatic carbocycles. The van der Waals surface area contributed by atoms with E-state index in [1.807, 2.05) is 12.3 Å². The number of aromatic nitrogens is 1. The molecule has 1 atom stereocenters. The van der Waals surface area contributed by atoms with Crippen molar-refractivity contribution in [2.75, 3.05) is 0 Å². The Kier molecular flexibility index (Phi) is 6.01. The van der Waals surface area contributed by atoms with Crippen LogP contribution in [0, 0.1) is 5.41 Å². The fraction of sp³-hybridized carbons (Fsp3) is 0.643. The van der Waals surface area contributed by atoms with Gasteiger partial charge >= 0.3 is 0 Å². The molecule has 0 fully saturated rings. The van der Waals surface area contributed by atoms with Crippen molar-refractivity contribution in [3.05, 3.63) is 28.5 Å². The summed E-state index contributed by atoms with van der Waals surface area (Å²) in [4.78, 5) is 4.42. The number of nitrogens with zero attached hydrogens (tertiary/aromatic N) is 1. The van der Waals surface area contributed by atoms with Gasteiger partial charge in [0, 0.05) is 22.5 Å². The maximum Gasteiger partial charge on any atom is 0.171 e. The van der Waals surface area contributed by atoms with Gasteiger partial charge < -0.3 is 4.43 Å². The second-order valence-electron chi connectivity index (χ2n) is 6.05. The summed E-state index contributed by atoms with van der Waals surface area (Å²) in [6, 6.07) is 4.13. The Morgan fingerprint density at radius 2 is 2.00 bits per heavy atom. The van der Waals surface area contributed by atoms with Crippen molar-refractivity contribution >= 4 is 25.0 Å². The molecule has 1 rings (SSSR count). The van der Waals surface area contributed by atoms with Crippen LogP contribution in [-0.2, 0) is 10.8 Å². The molecule has 0 bridgehead atoms. The van der Waals surface area contributed by atoms with Crippen molar-refractivity contribution in [3.8, 4) is 0 Å². The zero-order valence-corrected chi connectivity index (χ0v) is 14.8. The first-order chi connectivity index (χ1) is 8.29. The van der Waals surface area contributed by atoms with Gasteiger partial charge in [-0.25, -0.2) is 0 Å². The Hall–Kier alpha value is -0.193. The minimum absolute atomic E-state index is 0.201.